The summed E-state index contributed by atoms with van der Waals surface area (Å²) in [6.07, 6.45) is -0.493. The number of carboxylic acid groups (broad SMARTS) is 1. The molecule has 0 amide bonds. The van der Waals surface area contributed by atoms with Gasteiger partial charge < -0.3 is 5.11 Å². The van der Waals surface area contributed by atoms with E-state index < -0.39 is 44.5 Å². The van der Waals surface area contributed by atoms with Crippen molar-refractivity contribution in [3.8, 4) is 0 Å². The maximum atomic E-state index is 13.6. The molecule has 9 heteroatoms. The molecule has 0 atom stereocenters. The van der Waals surface area contributed by atoms with E-state index in [4.69, 9.17) is 5.11 Å². The summed E-state index contributed by atoms with van der Waals surface area (Å²) in [5.41, 5.74) is -1.33. The van der Waals surface area contributed by atoms with E-state index in [-0.39, 0.29) is 4.47 Å². The summed E-state index contributed by atoms with van der Waals surface area (Å²) < 4.78 is 52.6. The third kappa shape index (κ3) is 4.22. The van der Waals surface area contributed by atoms with Crippen LogP contribution in [0.15, 0.2) is 21.5 Å². The number of halogens is 3. The molecule has 0 aliphatic carbocycles. The number of hydrogen-bond acceptors (Lipinski definition) is 3. The molecule has 20 heavy (non-hydrogen) atoms. The smallest absolute Gasteiger partial charge is 0.305 e. The topological polar surface area (TPSA) is 83.5 Å². The summed E-state index contributed by atoms with van der Waals surface area (Å²) >= 11 is 2.78. The Labute approximate surface area is 123 Å². The fraction of sp³-hybridized carbons (Fsp3) is 0.364. The van der Waals surface area contributed by atoms with Gasteiger partial charge in [-0.05, 0) is 35.8 Å². The van der Waals surface area contributed by atoms with Crippen molar-refractivity contribution < 1.29 is 27.1 Å². The molecule has 0 aliphatic rings. The second kappa shape index (κ2) is 5.74. The van der Waals surface area contributed by atoms with Gasteiger partial charge >= 0.3 is 5.97 Å². The Bertz CT molecular complexity index is 623. The minimum Gasteiger partial charge on any atom is -0.481 e. The number of nitrogens with one attached hydrogen (secondary N) is 1. The van der Waals surface area contributed by atoms with Crippen LogP contribution < -0.4 is 4.72 Å². The van der Waals surface area contributed by atoms with Crippen LogP contribution in [0.2, 0.25) is 0 Å². The molecule has 0 unspecified atom stereocenters. The molecular weight excluding hydrogens is 360 g/mol. The van der Waals surface area contributed by atoms with Crippen molar-refractivity contribution in [2.24, 2.45) is 0 Å². The second-order valence-electron chi connectivity index (χ2n) is 4.76. The number of rotatable bonds is 5. The summed E-state index contributed by atoms with van der Waals surface area (Å²) in [7, 11) is -4.34. The van der Waals surface area contributed by atoms with E-state index >= 15 is 0 Å². The molecule has 0 aromatic heterocycles. The molecule has 1 aromatic rings. The Balaban J connectivity index is 3.22. The average Bonchev–Trinajstić information content (AvgIpc) is 2.08. The van der Waals surface area contributed by atoms with Crippen LogP contribution in [0.1, 0.15) is 20.3 Å². The van der Waals surface area contributed by atoms with Crippen LogP contribution in [0.5, 0.6) is 0 Å². The quantitative estimate of drug-likeness (QED) is 0.831. The third-order valence-electron chi connectivity index (χ3n) is 2.24. The fourth-order valence-electron chi connectivity index (χ4n) is 1.61. The van der Waals surface area contributed by atoms with Crippen LogP contribution >= 0.6 is 15.9 Å². The SMILES string of the molecule is CC(C)(CC(=O)O)NS(=O)(=O)c1c(F)cc(F)cc1Br. The zero-order valence-corrected chi connectivity index (χ0v) is 13.0. The summed E-state index contributed by atoms with van der Waals surface area (Å²) in [6.45, 7) is 2.68. The number of aliphatic carboxylic acids is 1. The van der Waals surface area contributed by atoms with Gasteiger partial charge in [0.1, 0.15) is 16.5 Å². The molecule has 0 radical (unpaired) electrons. The molecule has 112 valence electrons. The lowest BCUT2D eigenvalue weighted by molar-refractivity contribution is -0.138. The second-order valence-corrected chi connectivity index (χ2v) is 7.23. The largest absolute Gasteiger partial charge is 0.481 e. The van der Waals surface area contributed by atoms with Crippen LogP contribution in [-0.2, 0) is 14.8 Å². The first kappa shape index (κ1) is 17.0. The van der Waals surface area contributed by atoms with Gasteiger partial charge in [0, 0.05) is 16.1 Å². The summed E-state index contributed by atoms with van der Waals surface area (Å²) in [4.78, 5) is 9.88. The van der Waals surface area contributed by atoms with Gasteiger partial charge in [0.2, 0.25) is 10.0 Å². The van der Waals surface area contributed by atoms with E-state index in [1.54, 1.807) is 0 Å². The van der Waals surface area contributed by atoms with Crippen LogP contribution in [0, 0.1) is 11.6 Å². The zero-order chi connectivity index (χ0) is 15.7. The normalized spacial score (nSPS) is 12.4. The predicted octanol–water partition coefficient (Wildman–Crippen LogP) is 2.26. The molecule has 0 saturated heterocycles. The van der Waals surface area contributed by atoms with E-state index in [1.165, 1.54) is 13.8 Å². The maximum absolute atomic E-state index is 13.6. The van der Waals surface area contributed by atoms with E-state index in [0.29, 0.717) is 6.07 Å². The van der Waals surface area contributed by atoms with Crippen LogP contribution in [-0.4, -0.2) is 25.0 Å². The van der Waals surface area contributed by atoms with E-state index in [9.17, 15) is 22.0 Å². The van der Waals surface area contributed by atoms with E-state index in [0.717, 1.165) is 6.07 Å². The van der Waals surface area contributed by atoms with Gasteiger partial charge in [0.25, 0.3) is 0 Å². The Morgan fingerprint density at radius 3 is 2.40 bits per heavy atom. The molecule has 1 rings (SSSR count). The number of carboxylic acids is 1. The van der Waals surface area contributed by atoms with Gasteiger partial charge in [-0.1, -0.05) is 0 Å². The van der Waals surface area contributed by atoms with Crippen molar-refractivity contribution in [2.75, 3.05) is 0 Å². The highest BCUT2D eigenvalue weighted by Crippen LogP contribution is 2.27. The van der Waals surface area contributed by atoms with Crippen LogP contribution in [0.25, 0.3) is 0 Å². The number of sulfonamides is 1. The van der Waals surface area contributed by atoms with Crippen molar-refractivity contribution in [3.05, 3.63) is 28.2 Å². The van der Waals surface area contributed by atoms with Crippen molar-refractivity contribution in [1.29, 1.82) is 0 Å². The van der Waals surface area contributed by atoms with Gasteiger partial charge in [0.05, 0.1) is 6.42 Å². The highest BCUT2D eigenvalue weighted by Gasteiger charge is 2.32. The van der Waals surface area contributed by atoms with Gasteiger partial charge in [-0.25, -0.2) is 21.9 Å². The molecule has 0 bridgehead atoms. The van der Waals surface area contributed by atoms with E-state index in [2.05, 4.69) is 20.7 Å². The standard InChI is InChI=1S/C11H12BrF2NO4S/c1-11(2,5-9(16)17)15-20(18,19)10-7(12)3-6(13)4-8(10)14/h3-4,15H,5H2,1-2H3,(H,16,17). The average molecular weight is 372 g/mol. The van der Waals surface area contributed by atoms with Crippen molar-refractivity contribution >= 4 is 31.9 Å². The van der Waals surface area contributed by atoms with Crippen LogP contribution in [0.4, 0.5) is 8.78 Å². The van der Waals surface area contributed by atoms with Crippen LogP contribution in [0.3, 0.4) is 0 Å². The molecule has 5 nitrogen and oxygen atoms in total. The molecular formula is C11H12BrF2NO4S. The Kier molecular flexibility index (Phi) is 4.88. The minimum absolute atomic E-state index is 0.284. The van der Waals surface area contributed by atoms with Crippen molar-refractivity contribution in [3.63, 3.8) is 0 Å². The molecule has 0 spiro atoms. The monoisotopic (exact) mass is 371 g/mol. The number of carbonyl (C=O) groups is 1. The van der Waals surface area contributed by atoms with Gasteiger partial charge in [-0.15, -0.1) is 0 Å². The summed E-state index contributed by atoms with van der Waals surface area (Å²) in [5.74, 6) is -3.41. The van der Waals surface area contributed by atoms with Gasteiger partial charge in [-0.2, -0.15) is 0 Å². The van der Waals surface area contributed by atoms with E-state index in [1.807, 2.05) is 0 Å². The highest BCUT2D eigenvalue weighted by atomic mass is 79.9. The Hall–Kier alpha value is -1.06. The first-order valence-corrected chi connectivity index (χ1v) is 7.62. The first-order chi connectivity index (χ1) is 8.94. The third-order valence-corrected chi connectivity index (χ3v) is 4.90. The molecule has 0 aliphatic heterocycles. The number of hydrogen-bond donors (Lipinski definition) is 2. The molecule has 0 saturated carbocycles. The predicted molar refractivity (Wildman–Crippen MR) is 70.7 cm³/mol. The fourth-order valence-corrected chi connectivity index (χ4v) is 4.19. The molecule has 0 fully saturated rings. The number of benzene rings is 1. The molecule has 1 aromatic carbocycles. The minimum atomic E-state index is -4.34. The summed E-state index contributed by atoms with van der Waals surface area (Å²) in [6, 6.07) is 1.24. The summed E-state index contributed by atoms with van der Waals surface area (Å²) in [5, 5.41) is 8.69. The van der Waals surface area contributed by atoms with Gasteiger partial charge in [0.15, 0.2) is 0 Å². The Morgan fingerprint density at radius 1 is 1.40 bits per heavy atom. The Morgan fingerprint density at radius 2 is 1.95 bits per heavy atom. The van der Waals surface area contributed by atoms with Crippen molar-refractivity contribution in [2.45, 2.75) is 30.7 Å². The molecule has 0 heterocycles. The first-order valence-electron chi connectivity index (χ1n) is 5.35. The lowest BCUT2D eigenvalue weighted by atomic mass is 10.0. The lowest BCUT2D eigenvalue weighted by Gasteiger charge is -2.24. The lowest BCUT2D eigenvalue weighted by Crippen LogP contribution is -2.45. The van der Waals surface area contributed by atoms with Crippen molar-refractivity contribution in [1.82, 2.24) is 4.72 Å². The zero-order valence-electron chi connectivity index (χ0n) is 10.6. The maximum Gasteiger partial charge on any atom is 0.305 e. The molecule has 2 N–H and O–H groups in total. The highest BCUT2D eigenvalue weighted by molar-refractivity contribution is 9.10. The van der Waals surface area contributed by atoms with Gasteiger partial charge in [-0.3, -0.25) is 4.79 Å².